The summed E-state index contributed by atoms with van der Waals surface area (Å²) in [4.78, 5) is 36.6. The number of hydrogen-bond acceptors (Lipinski definition) is 4. The van der Waals surface area contributed by atoms with Gasteiger partial charge >= 0.3 is 12.1 Å². The van der Waals surface area contributed by atoms with Crippen molar-refractivity contribution in [2.75, 3.05) is 11.9 Å². The molecule has 1 unspecified atom stereocenters. The van der Waals surface area contributed by atoms with Crippen LogP contribution in [0.4, 0.5) is 10.5 Å². The summed E-state index contributed by atoms with van der Waals surface area (Å²) in [6, 6.07) is 19.5. The SMILES string of the molecule is Cc1ccc(NC(=O)C(CC(=O)O)NC(=O)OCC2c3ccccc3-c3ccccc32)c(Cl)c1. The summed E-state index contributed by atoms with van der Waals surface area (Å²) in [6.07, 6.45) is -1.49. The van der Waals surface area contributed by atoms with Gasteiger partial charge < -0.3 is 20.5 Å². The lowest BCUT2D eigenvalue weighted by Crippen LogP contribution is -2.45. The molecular formula is C26H23ClN2O5. The molecule has 2 amide bonds. The van der Waals surface area contributed by atoms with Crippen LogP contribution >= 0.6 is 11.6 Å². The monoisotopic (exact) mass is 478 g/mol. The van der Waals surface area contributed by atoms with Gasteiger partial charge in [0.2, 0.25) is 5.91 Å². The summed E-state index contributed by atoms with van der Waals surface area (Å²) >= 11 is 6.15. The molecule has 0 saturated carbocycles. The number of carbonyl (C=O) groups excluding carboxylic acids is 2. The number of hydrogen-bond donors (Lipinski definition) is 3. The van der Waals surface area contributed by atoms with Gasteiger partial charge in [0.05, 0.1) is 17.1 Å². The third-order valence-corrected chi connectivity index (χ3v) is 6.03. The average Bonchev–Trinajstić information content (AvgIpc) is 3.12. The van der Waals surface area contributed by atoms with E-state index in [1.807, 2.05) is 55.5 Å². The van der Waals surface area contributed by atoms with Crippen LogP contribution in [0.5, 0.6) is 0 Å². The van der Waals surface area contributed by atoms with Gasteiger partial charge in [-0.1, -0.05) is 66.2 Å². The average molecular weight is 479 g/mol. The molecule has 3 aromatic rings. The lowest BCUT2D eigenvalue weighted by Gasteiger charge is -2.19. The van der Waals surface area contributed by atoms with Crippen LogP contribution < -0.4 is 10.6 Å². The van der Waals surface area contributed by atoms with Crippen LogP contribution in [-0.4, -0.2) is 35.7 Å². The molecule has 34 heavy (non-hydrogen) atoms. The molecule has 3 aromatic carbocycles. The number of amides is 2. The Balaban J connectivity index is 1.43. The summed E-state index contributed by atoms with van der Waals surface area (Å²) in [7, 11) is 0. The van der Waals surface area contributed by atoms with Gasteiger partial charge in [-0.25, -0.2) is 4.79 Å². The van der Waals surface area contributed by atoms with E-state index in [1.165, 1.54) is 0 Å². The van der Waals surface area contributed by atoms with E-state index in [0.717, 1.165) is 27.8 Å². The van der Waals surface area contributed by atoms with Crippen molar-refractivity contribution in [3.05, 3.63) is 88.4 Å². The van der Waals surface area contributed by atoms with Gasteiger partial charge in [-0.2, -0.15) is 0 Å². The highest BCUT2D eigenvalue weighted by Crippen LogP contribution is 2.44. The molecule has 3 N–H and O–H groups in total. The maximum Gasteiger partial charge on any atom is 0.407 e. The number of carboxylic acid groups (broad SMARTS) is 1. The second-order valence-corrected chi connectivity index (χ2v) is 8.50. The van der Waals surface area contributed by atoms with Gasteiger partial charge in [-0.05, 0) is 46.9 Å². The van der Waals surface area contributed by atoms with Crippen molar-refractivity contribution in [1.29, 1.82) is 0 Å². The van der Waals surface area contributed by atoms with Crippen molar-refractivity contribution in [2.45, 2.75) is 25.3 Å². The Bertz CT molecular complexity index is 1210. The second kappa shape index (κ2) is 9.97. The molecule has 1 aliphatic rings. The van der Waals surface area contributed by atoms with Gasteiger partial charge in [0.15, 0.2) is 0 Å². The molecule has 174 valence electrons. The van der Waals surface area contributed by atoms with Crippen LogP contribution in [0.15, 0.2) is 66.7 Å². The third kappa shape index (κ3) is 5.05. The highest BCUT2D eigenvalue weighted by atomic mass is 35.5. The highest BCUT2D eigenvalue weighted by molar-refractivity contribution is 6.33. The smallest absolute Gasteiger partial charge is 0.407 e. The first-order chi connectivity index (χ1) is 16.3. The molecule has 7 nitrogen and oxygen atoms in total. The largest absolute Gasteiger partial charge is 0.481 e. The number of aryl methyl sites for hydroxylation is 1. The number of ether oxygens (including phenoxy) is 1. The van der Waals surface area contributed by atoms with E-state index in [-0.39, 0.29) is 12.5 Å². The maximum atomic E-state index is 12.7. The zero-order chi connectivity index (χ0) is 24.2. The van der Waals surface area contributed by atoms with Gasteiger partial charge in [0.1, 0.15) is 12.6 Å². The summed E-state index contributed by atoms with van der Waals surface area (Å²) in [5.74, 6) is -2.10. The van der Waals surface area contributed by atoms with Crippen molar-refractivity contribution in [3.8, 4) is 11.1 Å². The van der Waals surface area contributed by atoms with Crippen LogP contribution in [-0.2, 0) is 14.3 Å². The van der Waals surface area contributed by atoms with E-state index in [0.29, 0.717) is 10.7 Å². The third-order valence-electron chi connectivity index (χ3n) is 5.71. The molecule has 0 radical (unpaired) electrons. The second-order valence-electron chi connectivity index (χ2n) is 8.09. The molecule has 1 aliphatic carbocycles. The van der Waals surface area contributed by atoms with Crippen LogP contribution in [0.1, 0.15) is 29.0 Å². The number of alkyl carbamates (subject to hydrolysis) is 1. The first-order valence-corrected chi connectivity index (χ1v) is 11.1. The van der Waals surface area contributed by atoms with Gasteiger partial charge in [0.25, 0.3) is 0 Å². The number of benzene rings is 3. The van der Waals surface area contributed by atoms with E-state index in [4.69, 9.17) is 16.3 Å². The number of carbonyl (C=O) groups is 3. The first-order valence-electron chi connectivity index (χ1n) is 10.7. The molecule has 0 heterocycles. The zero-order valence-corrected chi connectivity index (χ0v) is 19.1. The van der Waals surface area contributed by atoms with E-state index >= 15 is 0 Å². The van der Waals surface area contributed by atoms with Crippen LogP contribution in [0, 0.1) is 6.92 Å². The van der Waals surface area contributed by atoms with Gasteiger partial charge in [0, 0.05) is 5.92 Å². The van der Waals surface area contributed by atoms with E-state index in [9.17, 15) is 19.5 Å². The molecule has 4 rings (SSSR count). The maximum absolute atomic E-state index is 12.7. The number of anilines is 1. The summed E-state index contributed by atoms with van der Waals surface area (Å²) in [5, 5.41) is 14.5. The van der Waals surface area contributed by atoms with Crippen LogP contribution in [0.25, 0.3) is 11.1 Å². The van der Waals surface area contributed by atoms with Crippen molar-refractivity contribution < 1.29 is 24.2 Å². The standard InChI is InChI=1S/C26H23ClN2O5/c1-15-10-11-22(21(27)12-15)28-25(32)23(13-24(30)31)29-26(33)34-14-20-18-8-4-2-6-16(18)17-7-3-5-9-19(17)20/h2-12,20,23H,13-14H2,1H3,(H,28,32)(H,29,33)(H,30,31). The van der Waals surface area contributed by atoms with E-state index in [2.05, 4.69) is 10.6 Å². The minimum Gasteiger partial charge on any atom is -0.481 e. The molecule has 0 aromatic heterocycles. The number of halogens is 1. The molecule has 0 aliphatic heterocycles. The van der Waals surface area contributed by atoms with Crippen molar-refractivity contribution in [2.24, 2.45) is 0 Å². The van der Waals surface area contributed by atoms with Gasteiger partial charge in [-0.3, -0.25) is 9.59 Å². The lowest BCUT2D eigenvalue weighted by molar-refractivity contribution is -0.139. The summed E-state index contributed by atoms with van der Waals surface area (Å²) in [6.45, 7) is 1.90. The number of fused-ring (bicyclic) bond motifs is 3. The predicted molar refractivity (Wildman–Crippen MR) is 129 cm³/mol. The van der Waals surface area contributed by atoms with Gasteiger partial charge in [-0.15, -0.1) is 0 Å². The molecular weight excluding hydrogens is 456 g/mol. The number of nitrogens with one attached hydrogen (secondary N) is 2. The number of carboxylic acids is 1. The Labute approximate surface area is 201 Å². The highest BCUT2D eigenvalue weighted by Gasteiger charge is 2.30. The zero-order valence-electron chi connectivity index (χ0n) is 18.4. The fourth-order valence-electron chi connectivity index (χ4n) is 4.11. The Morgan fingerprint density at radius 3 is 2.21 bits per heavy atom. The summed E-state index contributed by atoms with van der Waals surface area (Å²) < 4.78 is 5.44. The summed E-state index contributed by atoms with van der Waals surface area (Å²) in [5.41, 5.74) is 5.50. The Hall–Kier alpha value is -3.84. The number of aliphatic carboxylic acids is 1. The Morgan fingerprint density at radius 2 is 1.62 bits per heavy atom. The quantitative estimate of drug-likeness (QED) is 0.444. The molecule has 0 saturated heterocycles. The molecule has 8 heteroatoms. The fourth-order valence-corrected chi connectivity index (χ4v) is 4.39. The minimum atomic E-state index is -1.34. The molecule has 1 atom stereocenters. The van der Waals surface area contributed by atoms with Crippen molar-refractivity contribution >= 4 is 35.3 Å². The van der Waals surface area contributed by atoms with Crippen LogP contribution in [0.2, 0.25) is 5.02 Å². The minimum absolute atomic E-state index is 0.0467. The first kappa shape index (κ1) is 23.3. The Kier molecular flexibility index (Phi) is 6.84. The molecule has 0 fully saturated rings. The topological polar surface area (TPSA) is 105 Å². The predicted octanol–water partition coefficient (Wildman–Crippen LogP) is 4.97. The van der Waals surface area contributed by atoms with Crippen molar-refractivity contribution in [3.63, 3.8) is 0 Å². The normalized spacial score (nSPS) is 12.9. The fraction of sp³-hybridized carbons (Fsp3) is 0.192. The molecule has 0 spiro atoms. The Morgan fingerprint density at radius 1 is 1.00 bits per heavy atom. The number of rotatable bonds is 7. The molecule has 0 bridgehead atoms. The lowest BCUT2D eigenvalue weighted by atomic mass is 9.98. The van der Waals surface area contributed by atoms with Crippen molar-refractivity contribution in [1.82, 2.24) is 5.32 Å². The van der Waals surface area contributed by atoms with E-state index in [1.54, 1.807) is 18.2 Å². The van der Waals surface area contributed by atoms with E-state index < -0.39 is 30.4 Å². The van der Waals surface area contributed by atoms with Crippen LogP contribution in [0.3, 0.4) is 0 Å².